The predicted molar refractivity (Wildman–Crippen MR) is 243 cm³/mol. The van der Waals surface area contributed by atoms with Gasteiger partial charge in [0.25, 0.3) is 0 Å². The van der Waals surface area contributed by atoms with E-state index in [2.05, 4.69) is 25.0 Å². The smallest absolute Gasteiger partial charge is 0.390 e. The summed E-state index contributed by atoms with van der Waals surface area (Å²) in [4.78, 5) is 47.3. The van der Waals surface area contributed by atoms with Crippen molar-refractivity contribution in [2.24, 2.45) is 5.92 Å². The molecule has 0 spiro atoms. The van der Waals surface area contributed by atoms with E-state index in [-0.39, 0.29) is 29.9 Å². The molecule has 0 radical (unpaired) electrons. The Bertz CT molecular complexity index is 1630. The van der Waals surface area contributed by atoms with Crippen LogP contribution in [0.5, 0.6) is 17.2 Å². The van der Waals surface area contributed by atoms with E-state index in [1.807, 2.05) is 24.3 Å². The Balaban J connectivity index is 1.16. The minimum Gasteiger partial charge on any atom is -0.494 e. The summed E-state index contributed by atoms with van der Waals surface area (Å²) in [6.45, 7) is 9.19. The summed E-state index contributed by atoms with van der Waals surface area (Å²) in [7, 11) is 0. The fraction of sp³-hybridized carbons (Fsp3) is 0.577. The minimum absolute atomic E-state index is 0.152. The van der Waals surface area contributed by atoms with Gasteiger partial charge in [0.1, 0.15) is 17.2 Å². The third-order valence-corrected chi connectivity index (χ3v) is 10.9. The van der Waals surface area contributed by atoms with E-state index in [1.54, 1.807) is 24.3 Å². The van der Waals surface area contributed by atoms with Crippen LogP contribution >= 0.6 is 0 Å². The molecule has 2 aromatic rings. The minimum atomic E-state index is -0.681. The molecule has 0 unspecified atom stereocenters. The summed E-state index contributed by atoms with van der Waals surface area (Å²) >= 11 is 0. The quantitative estimate of drug-likeness (QED) is 0.0225. The Labute approximate surface area is 371 Å². The number of esters is 4. The molecule has 10 heteroatoms. The Morgan fingerprint density at radius 3 is 1.37 bits per heavy atom. The molecule has 0 heterocycles. The van der Waals surface area contributed by atoms with E-state index in [9.17, 15) is 19.2 Å². The van der Waals surface area contributed by atoms with Crippen LogP contribution in [-0.2, 0) is 33.4 Å². The second-order valence-electron chi connectivity index (χ2n) is 16.1. The predicted octanol–water partition coefficient (Wildman–Crippen LogP) is 11.8. The Kier molecular flexibility index (Phi) is 28.0. The average molecular weight is 857 g/mol. The third kappa shape index (κ3) is 25.2. The standard InChI is InChI=1S/C52H72O10/c1-3-49(53)59-41-23-19-15-11-7-5-9-13-17-21-39-57-45-30-25-43(26-31-45)27-38-51(55)61-47-34-36-48(37-35-47)62-52(56)44-28-32-46(33-29-44)58-40-22-18-14-10-6-8-12-16-20-24-42-60-50(54)4-2/h3-4,25-26,30-31,34-37,44,46H,1-2,5-24,28-29,32-33,39-42H2. The highest BCUT2D eigenvalue weighted by molar-refractivity contribution is 5.90. The maximum absolute atomic E-state index is 12.9. The summed E-state index contributed by atoms with van der Waals surface area (Å²) in [5, 5.41) is 0. The SMILES string of the molecule is C=CC(=O)OCCCCCCCCCCCCOc1ccc(C#CC(=O)Oc2ccc(OC(=O)C3CCC(OCCCCCCCCCCCCOC(=O)C=C)CC3)cc2)cc1. The zero-order valence-electron chi connectivity index (χ0n) is 37.2. The first-order valence-electron chi connectivity index (χ1n) is 23.3. The second-order valence-corrected chi connectivity index (χ2v) is 16.1. The molecule has 0 atom stereocenters. The van der Waals surface area contributed by atoms with Gasteiger partial charge in [-0.2, -0.15) is 0 Å². The van der Waals surface area contributed by atoms with E-state index >= 15 is 0 Å². The molecule has 3 rings (SSSR count). The number of hydrogen-bond donors (Lipinski definition) is 0. The number of carbonyl (C=O) groups is 4. The van der Waals surface area contributed by atoms with E-state index in [0.717, 1.165) is 83.0 Å². The number of carbonyl (C=O) groups excluding carboxylic acids is 4. The molecule has 0 saturated heterocycles. The molecule has 1 aliphatic rings. The van der Waals surface area contributed by atoms with Crippen LogP contribution in [0.25, 0.3) is 0 Å². The lowest BCUT2D eigenvalue weighted by atomic mass is 9.87. The topological polar surface area (TPSA) is 124 Å². The third-order valence-electron chi connectivity index (χ3n) is 10.9. The molecule has 0 aliphatic heterocycles. The van der Waals surface area contributed by atoms with Crippen molar-refractivity contribution >= 4 is 23.9 Å². The zero-order valence-corrected chi connectivity index (χ0v) is 37.2. The molecule has 0 aromatic heterocycles. The van der Waals surface area contributed by atoms with E-state index in [1.165, 1.54) is 95.6 Å². The first kappa shape index (κ1) is 51.5. The number of benzene rings is 2. The van der Waals surface area contributed by atoms with E-state index in [0.29, 0.717) is 36.9 Å². The largest absolute Gasteiger partial charge is 0.494 e. The highest BCUT2D eigenvalue weighted by Crippen LogP contribution is 2.29. The fourth-order valence-corrected chi connectivity index (χ4v) is 7.27. The van der Waals surface area contributed by atoms with Crippen LogP contribution in [0, 0.1) is 17.8 Å². The average Bonchev–Trinajstić information content (AvgIpc) is 3.29. The summed E-state index contributed by atoms with van der Waals surface area (Å²) in [6.07, 6.45) is 29.0. The van der Waals surface area contributed by atoms with Gasteiger partial charge in [0.05, 0.1) is 31.8 Å². The summed E-state index contributed by atoms with van der Waals surface area (Å²) in [6, 6.07) is 13.8. The molecular formula is C52H72O10. The van der Waals surface area contributed by atoms with Gasteiger partial charge in [-0.15, -0.1) is 0 Å². The van der Waals surface area contributed by atoms with Crippen LogP contribution in [0.15, 0.2) is 73.8 Å². The van der Waals surface area contributed by atoms with Gasteiger partial charge in [0.2, 0.25) is 0 Å². The van der Waals surface area contributed by atoms with E-state index < -0.39 is 5.97 Å². The molecule has 2 aromatic carbocycles. The van der Waals surface area contributed by atoms with Crippen LogP contribution in [0.3, 0.4) is 0 Å². The van der Waals surface area contributed by atoms with Gasteiger partial charge >= 0.3 is 23.9 Å². The maximum Gasteiger partial charge on any atom is 0.390 e. The Morgan fingerprint density at radius 2 is 0.903 bits per heavy atom. The lowest BCUT2D eigenvalue weighted by Crippen LogP contribution is -2.29. The van der Waals surface area contributed by atoms with Crippen LogP contribution in [0.1, 0.15) is 160 Å². The molecule has 0 N–H and O–H groups in total. The van der Waals surface area contributed by atoms with Crippen LogP contribution < -0.4 is 14.2 Å². The van der Waals surface area contributed by atoms with Gasteiger partial charge < -0.3 is 28.4 Å². The number of hydrogen-bond acceptors (Lipinski definition) is 10. The van der Waals surface area contributed by atoms with Gasteiger partial charge in [-0.1, -0.05) is 122 Å². The van der Waals surface area contributed by atoms with Crippen molar-refractivity contribution in [3.05, 3.63) is 79.4 Å². The van der Waals surface area contributed by atoms with Crippen molar-refractivity contribution in [2.45, 2.75) is 160 Å². The molecule has 340 valence electrons. The molecule has 62 heavy (non-hydrogen) atoms. The summed E-state index contributed by atoms with van der Waals surface area (Å²) in [5.41, 5.74) is 0.679. The molecule has 0 bridgehead atoms. The molecule has 1 fully saturated rings. The van der Waals surface area contributed by atoms with Gasteiger partial charge in [0, 0.05) is 30.2 Å². The summed E-state index contributed by atoms with van der Waals surface area (Å²) in [5.74, 6) is 5.10. The molecule has 10 nitrogen and oxygen atoms in total. The van der Waals surface area contributed by atoms with Gasteiger partial charge in [-0.05, 0) is 99.9 Å². The number of unbranched alkanes of at least 4 members (excludes halogenated alkanes) is 18. The molecular weight excluding hydrogens is 785 g/mol. The maximum atomic E-state index is 12.9. The van der Waals surface area contributed by atoms with Crippen LogP contribution in [-0.4, -0.2) is 56.4 Å². The van der Waals surface area contributed by atoms with Gasteiger partial charge in [-0.25, -0.2) is 14.4 Å². The Hall–Kier alpha value is -4.88. The fourth-order valence-electron chi connectivity index (χ4n) is 7.27. The van der Waals surface area contributed by atoms with Crippen LogP contribution in [0.4, 0.5) is 0 Å². The monoisotopic (exact) mass is 857 g/mol. The highest BCUT2D eigenvalue weighted by atomic mass is 16.5. The van der Waals surface area contributed by atoms with Crippen molar-refractivity contribution in [1.82, 2.24) is 0 Å². The normalized spacial score (nSPS) is 14.5. The first-order chi connectivity index (χ1) is 30.4. The highest BCUT2D eigenvalue weighted by Gasteiger charge is 2.28. The van der Waals surface area contributed by atoms with Gasteiger partial charge in [-0.3, -0.25) is 4.79 Å². The van der Waals surface area contributed by atoms with Crippen molar-refractivity contribution in [2.75, 3.05) is 26.4 Å². The second kappa shape index (κ2) is 33.7. The molecule has 1 saturated carbocycles. The number of rotatable bonds is 33. The van der Waals surface area contributed by atoms with Gasteiger partial charge in [0.15, 0.2) is 0 Å². The number of ether oxygens (including phenoxy) is 6. The van der Waals surface area contributed by atoms with Crippen molar-refractivity contribution in [1.29, 1.82) is 0 Å². The lowest BCUT2D eigenvalue weighted by molar-refractivity contribution is -0.141. The molecule has 0 amide bonds. The van der Waals surface area contributed by atoms with Crippen molar-refractivity contribution in [3.63, 3.8) is 0 Å². The first-order valence-corrected chi connectivity index (χ1v) is 23.3. The Morgan fingerprint density at radius 1 is 0.500 bits per heavy atom. The lowest BCUT2D eigenvalue weighted by Gasteiger charge is -2.27. The summed E-state index contributed by atoms with van der Waals surface area (Å²) < 4.78 is 33.0. The van der Waals surface area contributed by atoms with E-state index in [4.69, 9.17) is 28.4 Å². The van der Waals surface area contributed by atoms with Crippen molar-refractivity contribution < 1.29 is 47.6 Å². The molecule has 1 aliphatic carbocycles. The zero-order chi connectivity index (χ0) is 44.3. The van der Waals surface area contributed by atoms with Crippen LogP contribution in [0.2, 0.25) is 0 Å². The van der Waals surface area contributed by atoms with Crippen molar-refractivity contribution in [3.8, 4) is 29.1 Å².